The predicted octanol–water partition coefficient (Wildman–Crippen LogP) is 4.60. The molecule has 32 heavy (non-hydrogen) atoms. The summed E-state index contributed by atoms with van der Waals surface area (Å²) in [7, 11) is -1.06. The topological polar surface area (TPSA) is 78.5 Å². The van der Waals surface area contributed by atoms with Crippen molar-refractivity contribution in [2.45, 2.75) is 123 Å². The van der Waals surface area contributed by atoms with Gasteiger partial charge in [-0.05, 0) is 58.3 Å². The molecule has 2 N–H and O–H groups in total. The fraction of sp³-hybridized carbons (Fsp3) is 0.920. The third kappa shape index (κ3) is 6.71. The Morgan fingerprint density at radius 3 is 2.16 bits per heavy atom. The van der Waals surface area contributed by atoms with Crippen LogP contribution in [0, 0.1) is 11.3 Å². The van der Waals surface area contributed by atoms with E-state index in [0.29, 0.717) is 11.7 Å². The van der Waals surface area contributed by atoms with Crippen LogP contribution in [0.2, 0.25) is 0 Å². The number of hydrogen-bond acceptors (Lipinski definition) is 3. The Kier molecular flexibility index (Phi) is 8.85. The van der Waals surface area contributed by atoms with Gasteiger partial charge < -0.3 is 15.5 Å². The maximum Gasteiger partial charge on any atom is 0.315 e. The molecule has 186 valence electrons. The largest absolute Gasteiger partial charge is 0.338 e. The molecular formula is C25H47N3O3S. The van der Waals surface area contributed by atoms with Crippen LogP contribution >= 0.6 is 0 Å². The molecule has 1 aliphatic carbocycles. The van der Waals surface area contributed by atoms with Crippen LogP contribution in [0.3, 0.4) is 0 Å². The molecule has 0 aromatic rings. The molecule has 0 radical (unpaired) electrons. The predicted molar refractivity (Wildman–Crippen MR) is 133 cm³/mol. The van der Waals surface area contributed by atoms with Gasteiger partial charge in [0.2, 0.25) is 5.91 Å². The summed E-state index contributed by atoms with van der Waals surface area (Å²) < 4.78 is 12.6. The molecule has 1 saturated heterocycles. The van der Waals surface area contributed by atoms with Crippen LogP contribution in [0.15, 0.2) is 0 Å². The highest BCUT2D eigenvalue weighted by Gasteiger charge is 2.43. The van der Waals surface area contributed by atoms with Crippen LogP contribution in [0.25, 0.3) is 0 Å². The monoisotopic (exact) mass is 469 g/mol. The standard InChI is InChI=1S/C25H47N3O3S/c1-9-19-13-16-28(18(19)2)21(29)20(23(3,4)5)26-22(30)27-25(14-11-10-12-15-25)17-32(31)24(6,7)8/h18-20H,9-17H2,1-8H3,(H2,26,27,30). The lowest BCUT2D eigenvalue weighted by Crippen LogP contribution is -2.62. The van der Waals surface area contributed by atoms with Gasteiger partial charge in [-0.15, -0.1) is 0 Å². The van der Waals surface area contributed by atoms with Gasteiger partial charge in [-0.25, -0.2) is 4.79 Å². The van der Waals surface area contributed by atoms with Crippen LogP contribution < -0.4 is 10.6 Å². The molecule has 3 amide bonds. The maximum atomic E-state index is 13.5. The van der Waals surface area contributed by atoms with E-state index in [-0.39, 0.29) is 22.7 Å². The van der Waals surface area contributed by atoms with Gasteiger partial charge in [0, 0.05) is 33.9 Å². The molecule has 0 bridgehead atoms. The van der Waals surface area contributed by atoms with E-state index >= 15 is 0 Å². The molecule has 2 aliphatic rings. The number of carbonyl (C=O) groups excluding carboxylic acids is 2. The van der Waals surface area contributed by atoms with Crippen LogP contribution in [-0.4, -0.2) is 55.7 Å². The minimum atomic E-state index is -1.06. The first kappa shape index (κ1) is 27.1. The summed E-state index contributed by atoms with van der Waals surface area (Å²) in [5.74, 6) is 0.984. The molecule has 0 spiro atoms. The zero-order valence-corrected chi connectivity index (χ0v) is 22.5. The molecule has 0 aromatic heterocycles. The molecule has 6 nitrogen and oxygen atoms in total. The van der Waals surface area contributed by atoms with E-state index in [1.54, 1.807) is 0 Å². The lowest BCUT2D eigenvalue weighted by molar-refractivity contribution is -0.136. The van der Waals surface area contributed by atoms with Gasteiger partial charge in [-0.3, -0.25) is 9.00 Å². The summed E-state index contributed by atoms with van der Waals surface area (Å²) in [5.41, 5.74) is -0.882. The van der Waals surface area contributed by atoms with E-state index in [4.69, 9.17) is 0 Å². The molecule has 1 heterocycles. The van der Waals surface area contributed by atoms with Crippen molar-refractivity contribution in [1.29, 1.82) is 0 Å². The van der Waals surface area contributed by atoms with E-state index in [1.807, 2.05) is 46.4 Å². The van der Waals surface area contributed by atoms with Gasteiger partial charge in [-0.2, -0.15) is 0 Å². The number of nitrogens with zero attached hydrogens (tertiary/aromatic N) is 1. The Balaban J connectivity index is 2.16. The average Bonchev–Trinajstić information content (AvgIpc) is 3.05. The Hall–Kier alpha value is -1.11. The van der Waals surface area contributed by atoms with Gasteiger partial charge in [0.25, 0.3) is 0 Å². The summed E-state index contributed by atoms with van der Waals surface area (Å²) in [6.07, 6.45) is 6.93. The highest BCUT2D eigenvalue weighted by atomic mass is 32.2. The molecular weight excluding hydrogens is 422 g/mol. The van der Waals surface area contributed by atoms with Crippen molar-refractivity contribution < 1.29 is 13.8 Å². The minimum absolute atomic E-state index is 0.00654. The number of amides is 3. The summed E-state index contributed by atoms with van der Waals surface area (Å²) in [6, 6.07) is -0.722. The summed E-state index contributed by atoms with van der Waals surface area (Å²) in [4.78, 5) is 28.7. The van der Waals surface area contributed by atoms with Crippen molar-refractivity contribution in [3.63, 3.8) is 0 Å². The Morgan fingerprint density at radius 2 is 1.69 bits per heavy atom. The molecule has 7 heteroatoms. The zero-order chi connectivity index (χ0) is 24.3. The second kappa shape index (κ2) is 10.4. The number of urea groups is 1. The number of hydrogen-bond donors (Lipinski definition) is 2. The highest BCUT2D eigenvalue weighted by Crippen LogP contribution is 2.32. The second-order valence-corrected chi connectivity index (χ2v) is 14.3. The smallest absolute Gasteiger partial charge is 0.315 e. The lowest BCUT2D eigenvalue weighted by Gasteiger charge is -2.41. The number of carbonyl (C=O) groups is 2. The van der Waals surface area contributed by atoms with Crippen molar-refractivity contribution in [3.05, 3.63) is 0 Å². The van der Waals surface area contributed by atoms with Crippen molar-refractivity contribution in [2.24, 2.45) is 11.3 Å². The second-order valence-electron chi connectivity index (χ2n) is 12.1. The molecule has 0 aromatic carbocycles. The first-order valence-electron chi connectivity index (χ1n) is 12.5. The number of nitrogens with one attached hydrogen (secondary N) is 2. The van der Waals surface area contributed by atoms with Gasteiger partial charge in [0.1, 0.15) is 6.04 Å². The van der Waals surface area contributed by atoms with Gasteiger partial charge >= 0.3 is 6.03 Å². The molecule has 2 rings (SSSR count). The average molecular weight is 470 g/mol. The lowest BCUT2D eigenvalue weighted by atomic mass is 9.83. The summed E-state index contributed by atoms with van der Waals surface area (Å²) >= 11 is 0. The molecule has 1 saturated carbocycles. The van der Waals surface area contributed by atoms with Crippen molar-refractivity contribution in [1.82, 2.24) is 15.5 Å². The van der Waals surface area contributed by atoms with Crippen molar-refractivity contribution in [3.8, 4) is 0 Å². The Labute approximate surface area is 198 Å². The number of likely N-dealkylation sites (tertiary alicyclic amines) is 1. The maximum absolute atomic E-state index is 13.5. The van der Waals surface area contributed by atoms with Crippen LogP contribution in [0.4, 0.5) is 4.79 Å². The highest BCUT2D eigenvalue weighted by molar-refractivity contribution is 7.86. The third-order valence-corrected chi connectivity index (χ3v) is 9.57. The van der Waals surface area contributed by atoms with Gasteiger partial charge in [0.05, 0.1) is 5.54 Å². The van der Waals surface area contributed by atoms with Gasteiger partial charge in [-0.1, -0.05) is 53.4 Å². The first-order chi connectivity index (χ1) is 14.7. The molecule has 4 atom stereocenters. The molecule has 2 fully saturated rings. The summed E-state index contributed by atoms with van der Waals surface area (Å²) in [6.45, 7) is 17.0. The van der Waals surface area contributed by atoms with Crippen LogP contribution in [0.5, 0.6) is 0 Å². The normalized spacial score (nSPS) is 25.8. The molecule has 4 unspecified atom stereocenters. The third-order valence-electron chi connectivity index (χ3n) is 7.39. The summed E-state index contributed by atoms with van der Waals surface area (Å²) in [5, 5.41) is 6.23. The fourth-order valence-electron chi connectivity index (χ4n) is 5.08. The number of rotatable bonds is 6. The van der Waals surface area contributed by atoms with E-state index in [0.717, 1.165) is 51.5 Å². The van der Waals surface area contributed by atoms with Crippen molar-refractivity contribution in [2.75, 3.05) is 12.3 Å². The van der Waals surface area contributed by atoms with Crippen molar-refractivity contribution >= 4 is 22.7 Å². The quantitative estimate of drug-likeness (QED) is 0.597. The van der Waals surface area contributed by atoms with E-state index in [2.05, 4.69) is 24.5 Å². The Bertz CT molecular complexity index is 690. The van der Waals surface area contributed by atoms with Crippen LogP contribution in [-0.2, 0) is 15.6 Å². The SMILES string of the molecule is CCC1CCN(C(=O)C(NC(=O)NC2(CS(=O)C(C)(C)C)CCCCC2)C(C)(C)C)C1C. The van der Waals surface area contributed by atoms with Crippen LogP contribution in [0.1, 0.15) is 100 Å². The first-order valence-corrected chi connectivity index (χ1v) is 13.8. The minimum Gasteiger partial charge on any atom is -0.338 e. The molecule has 1 aliphatic heterocycles. The fourth-order valence-corrected chi connectivity index (χ4v) is 6.38. The van der Waals surface area contributed by atoms with E-state index in [9.17, 15) is 13.8 Å². The van der Waals surface area contributed by atoms with E-state index in [1.165, 1.54) is 0 Å². The van der Waals surface area contributed by atoms with Gasteiger partial charge in [0.15, 0.2) is 0 Å². The zero-order valence-electron chi connectivity index (χ0n) is 21.7. The Morgan fingerprint density at radius 1 is 1.09 bits per heavy atom. The van der Waals surface area contributed by atoms with E-state index < -0.39 is 27.8 Å².